The van der Waals surface area contributed by atoms with Gasteiger partial charge in [0.1, 0.15) is 35.9 Å². The zero-order chi connectivity index (χ0) is 47.5. The van der Waals surface area contributed by atoms with Gasteiger partial charge < -0.3 is 30.3 Å². The molecular formula is C42H40BrClF6N8O6S2. The molecule has 0 bridgehead atoms. The summed E-state index contributed by atoms with van der Waals surface area (Å²) in [7, 11) is 0. The summed E-state index contributed by atoms with van der Waals surface area (Å²) in [5, 5.41) is 30.1. The van der Waals surface area contributed by atoms with Crippen molar-refractivity contribution in [3.63, 3.8) is 0 Å². The number of aromatic nitrogens is 2. The molecule has 14 nitrogen and oxygen atoms in total. The molecule has 0 spiro atoms. The lowest BCUT2D eigenvalue weighted by Crippen LogP contribution is -2.39. The molecule has 0 radical (unpaired) electrons. The molecule has 2 saturated heterocycles. The van der Waals surface area contributed by atoms with E-state index in [1.54, 1.807) is 37.0 Å². The highest BCUT2D eigenvalue weighted by atomic mass is 79.9. The Morgan fingerprint density at radius 3 is 1.59 bits per heavy atom. The molecule has 4 aliphatic rings. The number of likely N-dealkylation sites (tertiary alicyclic amines) is 2. The van der Waals surface area contributed by atoms with Gasteiger partial charge in [-0.25, -0.2) is 45.9 Å². The maximum absolute atomic E-state index is 14.0. The molecule has 2 fully saturated rings. The summed E-state index contributed by atoms with van der Waals surface area (Å²) in [6, 6.07) is 5.85. The lowest BCUT2D eigenvalue weighted by atomic mass is 9.95. The fourth-order valence-electron chi connectivity index (χ4n) is 7.51. The molecule has 6 heterocycles. The molecule has 4 N–H and O–H groups in total. The Hall–Kier alpha value is -4.75. The third-order valence-electron chi connectivity index (χ3n) is 10.5. The molecule has 2 aromatic heterocycles. The average molecular weight is 1050 g/mol. The predicted molar refractivity (Wildman–Crippen MR) is 237 cm³/mol. The molecular weight excluding hydrogens is 1010 g/mol. The smallest absolute Gasteiger partial charge is 0.338 e. The summed E-state index contributed by atoms with van der Waals surface area (Å²) < 4.78 is 94.1. The van der Waals surface area contributed by atoms with Gasteiger partial charge in [-0.3, -0.25) is 19.8 Å². The van der Waals surface area contributed by atoms with Crippen LogP contribution in [0.3, 0.4) is 0 Å². The van der Waals surface area contributed by atoms with Crippen LogP contribution in [0.1, 0.15) is 47.1 Å². The van der Waals surface area contributed by atoms with E-state index < -0.39 is 72.8 Å². The monoisotopic (exact) mass is 1040 g/mol. The maximum atomic E-state index is 14.0. The van der Waals surface area contributed by atoms with Crippen molar-refractivity contribution in [2.45, 2.75) is 50.0 Å². The summed E-state index contributed by atoms with van der Waals surface area (Å²) in [5.41, 5.74) is 1.61. The normalized spacial score (nSPS) is 22.8. The van der Waals surface area contributed by atoms with Crippen LogP contribution in [-0.4, -0.2) is 130 Å². The maximum Gasteiger partial charge on any atom is 0.338 e. The summed E-state index contributed by atoms with van der Waals surface area (Å²) in [5.74, 6) is -8.29. The molecule has 0 saturated carbocycles. The number of rotatable bonds is 12. The summed E-state index contributed by atoms with van der Waals surface area (Å²) in [6.07, 6.45) is -0.454. The predicted octanol–water partition coefficient (Wildman–Crippen LogP) is 6.42. The number of halogens is 8. The number of aliphatic imine (C=N–C) groups is 2. The summed E-state index contributed by atoms with van der Waals surface area (Å²) >= 11 is 12.2. The number of benzene rings is 2. The molecule has 4 atom stereocenters. The first-order valence-corrected chi connectivity index (χ1v) is 23.1. The topological polar surface area (TPSA) is 174 Å². The van der Waals surface area contributed by atoms with E-state index in [1.807, 2.05) is 0 Å². The van der Waals surface area contributed by atoms with Crippen LogP contribution in [0.15, 0.2) is 96.5 Å². The van der Waals surface area contributed by atoms with Gasteiger partial charge in [-0.15, -0.1) is 22.7 Å². The molecule has 0 aliphatic carbocycles. The Bertz CT molecular complexity index is 2400. The largest absolute Gasteiger partial charge is 0.463 e. The van der Waals surface area contributed by atoms with Crippen molar-refractivity contribution in [2.75, 3.05) is 52.5 Å². The molecule has 66 heavy (non-hydrogen) atoms. The molecule has 4 aliphatic heterocycles. The second-order valence-corrected chi connectivity index (χ2v) is 18.2. The van der Waals surface area contributed by atoms with Crippen LogP contribution in [0, 0.1) is 11.6 Å². The molecule has 2 aromatic carbocycles. The quantitative estimate of drug-likeness (QED) is 0.0908. The summed E-state index contributed by atoms with van der Waals surface area (Å²) in [6.45, 7) is 1.38. The van der Waals surface area contributed by atoms with Gasteiger partial charge in [0.25, 0.3) is 11.8 Å². The van der Waals surface area contributed by atoms with Crippen LogP contribution in [0.2, 0.25) is 5.02 Å². The Labute approximate surface area is 394 Å². The average Bonchev–Trinajstić information content (AvgIpc) is 4.07. The number of hydrogen-bond donors (Lipinski definition) is 4. The number of amidine groups is 2. The van der Waals surface area contributed by atoms with Gasteiger partial charge in [-0.05, 0) is 43.7 Å². The van der Waals surface area contributed by atoms with Gasteiger partial charge in [0.2, 0.25) is 0 Å². The first-order valence-electron chi connectivity index (χ1n) is 20.1. The lowest BCUT2D eigenvalue weighted by Gasteiger charge is -2.29. The van der Waals surface area contributed by atoms with E-state index in [1.165, 1.54) is 62.8 Å². The number of esters is 2. The molecule has 8 rings (SSSR count). The molecule has 4 unspecified atom stereocenters. The number of aliphatic hydroxyl groups excluding tert-OH is 2. The van der Waals surface area contributed by atoms with E-state index >= 15 is 0 Å². The highest BCUT2D eigenvalue weighted by Crippen LogP contribution is 2.40. The number of carbonyl (C=O) groups is 2. The fraction of sp³-hybridized carbons (Fsp3) is 0.381. The van der Waals surface area contributed by atoms with Crippen molar-refractivity contribution in [3.8, 4) is 0 Å². The number of ether oxygens (including phenoxy) is 2. The van der Waals surface area contributed by atoms with Crippen LogP contribution in [0.25, 0.3) is 0 Å². The fourth-order valence-corrected chi connectivity index (χ4v) is 9.53. The highest BCUT2D eigenvalue weighted by molar-refractivity contribution is 9.10. The van der Waals surface area contributed by atoms with Crippen LogP contribution in [-0.2, 0) is 19.1 Å². The Morgan fingerprint density at radius 1 is 0.773 bits per heavy atom. The van der Waals surface area contributed by atoms with Crippen molar-refractivity contribution in [1.82, 2.24) is 30.4 Å². The number of aliphatic hydroxyl groups is 2. The van der Waals surface area contributed by atoms with Crippen molar-refractivity contribution >= 4 is 73.8 Å². The first-order chi connectivity index (χ1) is 31.4. The van der Waals surface area contributed by atoms with Gasteiger partial charge in [0.15, 0.2) is 21.7 Å². The van der Waals surface area contributed by atoms with Gasteiger partial charge in [-0.2, -0.15) is 0 Å². The van der Waals surface area contributed by atoms with Crippen molar-refractivity contribution in [2.24, 2.45) is 9.98 Å². The van der Waals surface area contributed by atoms with E-state index in [0.717, 1.165) is 6.07 Å². The van der Waals surface area contributed by atoms with Gasteiger partial charge in [0, 0.05) is 75.8 Å². The van der Waals surface area contributed by atoms with Gasteiger partial charge >= 0.3 is 11.9 Å². The van der Waals surface area contributed by atoms with E-state index in [0.29, 0.717) is 43.0 Å². The van der Waals surface area contributed by atoms with Crippen molar-refractivity contribution in [3.05, 3.63) is 124 Å². The van der Waals surface area contributed by atoms with Crippen LogP contribution in [0.4, 0.5) is 26.3 Å². The molecule has 0 amide bonds. The number of hydrogen-bond acceptors (Lipinski definition) is 16. The van der Waals surface area contributed by atoms with Gasteiger partial charge in [-0.1, -0.05) is 39.7 Å². The third-order valence-corrected chi connectivity index (χ3v) is 13.1. The number of alkyl halides is 4. The second kappa shape index (κ2) is 20.6. The van der Waals surface area contributed by atoms with E-state index in [-0.39, 0.29) is 61.3 Å². The minimum Gasteiger partial charge on any atom is -0.463 e. The van der Waals surface area contributed by atoms with Gasteiger partial charge in [0.05, 0.1) is 37.4 Å². The minimum absolute atomic E-state index is 0.0495. The van der Waals surface area contributed by atoms with E-state index in [2.05, 4.69) is 46.5 Å². The number of carbonyl (C=O) groups excluding carboxylic acids is 2. The first kappa shape index (κ1) is 49.2. The third kappa shape index (κ3) is 11.0. The zero-order valence-electron chi connectivity index (χ0n) is 34.8. The number of nitrogens with zero attached hydrogens (tertiary/aromatic N) is 6. The Morgan fingerprint density at radius 2 is 1.21 bits per heavy atom. The Kier molecular flexibility index (Phi) is 15.4. The number of nitrogens with one attached hydrogen (secondary N) is 2. The van der Waals surface area contributed by atoms with Crippen molar-refractivity contribution < 1.29 is 55.6 Å². The molecule has 24 heteroatoms. The minimum atomic E-state index is -3.27. The standard InChI is InChI=1S/C21H20BrF3N4O3S.C21H20ClF3N4O3S/c2*1-2-32-20(31)16-14(8-29-9-15(30)21(24,25)10-29)27-18(19-26-5-6-33-19)28-17(16)12-4-3-11(23)7-13(12)22/h2*3-7,15,17,30H,2,8-10H2,1H3,(H,27,28). The Balaban J connectivity index is 0.000000196. The lowest BCUT2D eigenvalue weighted by molar-refractivity contribution is -0.139. The van der Waals surface area contributed by atoms with Crippen LogP contribution < -0.4 is 10.6 Å². The summed E-state index contributed by atoms with van der Waals surface area (Å²) in [4.78, 5) is 46.5. The molecule has 352 valence electrons. The zero-order valence-corrected chi connectivity index (χ0v) is 38.8. The van der Waals surface area contributed by atoms with E-state index in [9.17, 15) is 46.1 Å². The number of thiazole rings is 2. The number of β-amino-alcohol motifs (C(OH)–C–C–N with tert-alkyl or cyclic N) is 2. The second-order valence-electron chi connectivity index (χ2n) is 15.1. The van der Waals surface area contributed by atoms with E-state index in [4.69, 9.17) is 21.1 Å². The van der Waals surface area contributed by atoms with Crippen LogP contribution >= 0.6 is 50.2 Å². The highest BCUT2D eigenvalue weighted by Gasteiger charge is 2.49. The van der Waals surface area contributed by atoms with Crippen LogP contribution in [0.5, 0.6) is 0 Å². The SMILES string of the molecule is CCOC(=O)C1=C(CN2CC(O)C(F)(F)C2)NC(c2nccs2)=NC1c1ccc(F)cc1Br.CCOC(=O)C1=C(CN2CC(O)C(F)(F)C2)NC(c2nccs2)=NC1c1ccc(F)cc1Cl. The van der Waals surface area contributed by atoms with Crippen molar-refractivity contribution in [1.29, 1.82) is 0 Å². The molecule has 4 aromatic rings.